The summed E-state index contributed by atoms with van der Waals surface area (Å²) in [4.78, 5) is 16.1. The number of anilines is 1. The Bertz CT molecular complexity index is 1590. The van der Waals surface area contributed by atoms with E-state index in [0.717, 1.165) is 28.1 Å². The number of carbonyl (C=O) groups excluding carboxylic acids is 1. The van der Waals surface area contributed by atoms with E-state index in [4.69, 9.17) is 16.3 Å². The second-order valence-corrected chi connectivity index (χ2v) is 12.5. The number of sulfonamides is 1. The highest BCUT2D eigenvalue weighted by atomic mass is 35.5. The summed E-state index contributed by atoms with van der Waals surface area (Å²) in [5, 5.41) is 15.9. The highest BCUT2D eigenvalue weighted by Crippen LogP contribution is 2.31. The Hall–Kier alpha value is -3.11. The summed E-state index contributed by atoms with van der Waals surface area (Å²) < 4.78 is 31.2. The number of carbonyl (C=O) groups is 1. The van der Waals surface area contributed by atoms with E-state index < -0.39 is 21.5 Å². The monoisotopic (exact) mass is 557 g/mol. The minimum Gasteiger partial charge on any atom is -0.492 e. The molecular weight excluding hydrogens is 526 g/mol. The van der Waals surface area contributed by atoms with Gasteiger partial charge in [-0.3, -0.25) is 9.52 Å². The van der Waals surface area contributed by atoms with E-state index in [2.05, 4.69) is 15.0 Å². The molecule has 0 saturated carbocycles. The summed E-state index contributed by atoms with van der Waals surface area (Å²) in [5.74, 6) is 0.806. The number of aliphatic hydroxyl groups excluding tert-OH is 1. The highest BCUT2D eigenvalue weighted by Gasteiger charge is 2.23. The van der Waals surface area contributed by atoms with Crippen molar-refractivity contribution in [2.75, 3.05) is 30.7 Å². The minimum atomic E-state index is -3.49. The van der Waals surface area contributed by atoms with Crippen LogP contribution in [0, 0.1) is 5.41 Å². The van der Waals surface area contributed by atoms with E-state index in [1.54, 1.807) is 12.1 Å². The molecular formula is C28H32ClN3O5S. The highest BCUT2D eigenvalue weighted by molar-refractivity contribution is 7.92. The molecule has 8 nitrogen and oxygen atoms in total. The van der Waals surface area contributed by atoms with Crippen LogP contribution in [0.3, 0.4) is 0 Å². The van der Waals surface area contributed by atoms with E-state index in [9.17, 15) is 18.3 Å². The van der Waals surface area contributed by atoms with Gasteiger partial charge in [0.1, 0.15) is 12.4 Å². The third-order valence-corrected chi connectivity index (χ3v) is 6.99. The van der Waals surface area contributed by atoms with Crippen LogP contribution in [0.25, 0.3) is 21.8 Å². The topological polar surface area (TPSA) is 121 Å². The predicted octanol–water partition coefficient (Wildman–Crippen LogP) is 5.28. The molecule has 0 saturated heterocycles. The van der Waals surface area contributed by atoms with Crippen molar-refractivity contribution in [1.82, 2.24) is 10.3 Å². The standard InChI is InChI=1S/C28H32ClN3O5S/c1-28(2,3)27(34)18-6-10-23-21(13-18)20-8-7-19(15-24(20)31-23)37-12-11-30-16-26(33)17-5-9-22(29)25(14-17)32-38(4,35)36/h5-10,13-15,26,30-33H,11-12,16H2,1-4H3. The molecule has 0 aliphatic heterocycles. The summed E-state index contributed by atoms with van der Waals surface area (Å²) >= 11 is 6.05. The van der Waals surface area contributed by atoms with Crippen molar-refractivity contribution >= 4 is 54.9 Å². The Kier molecular flexibility index (Phi) is 8.04. The van der Waals surface area contributed by atoms with E-state index >= 15 is 0 Å². The van der Waals surface area contributed by atoms with Crippen LogP contribution >= 0.6 is 11.6 Å². The number of Topliss-reactive ketones (excluding diaryl/α,β-unsaturated/α-hetero) is 1. The molecule has 0 spiro atoms. The summed E-state index contributed by atoms with van der Waals surface area (Å²) in [6.07, 6.45) is 0.181. The maximum absolute atomic E-state index is 12.7. The summed E-state index contributed by atoms with van der Waals surface area (Å²) in [6.45, 7) is 6.87. The minimum absolute atomic E-state index is 0.105. The van der Waals surface area contributed by atoms with Crippen LogP contribution in [0.4, 0.5) is 5.69 Å². The van der Waals surface area contributed by atoms with Crippen LogP contribution < -0.4 is 14.8 Å². The van der Waals surface area contributed by atoms with Crippen LogP contribution in [0.2, 0.25) is 5.02 Å². The molecule has 0 fully saturated rings. The first-order chi connectivity index (χ1) is 17.8. The van der Waals surface area contributed by atoms with Gasteiger partial charge >= 0.3 is 0 Å². The molecule has 0 bridgehead atoms. The van der Waals surface area contributed by atoms with Crippen molar-refractivity contribution in [2.45, 2.75) is 26.9 Å². The number of hydrogen-bond donors (Lipinski definition) is 4. The van der Waals surface area contributed by atoms with Crippen molar-refractivity contribution in [1.29, 1.82) is 0 Å². The zero-order valence-electron chi connectivity index (χ0n) is 21.8. The number of aromatic amines is 1. The van der Waals surface area contributed by atoms with Crippen molar-refractivity contribution < 1.29 is 23.1 Å². The fourth-order valence-electron chi connectivity index (χ4n) is 4.17. The van der Waals surface area contributed by atoms with Gasteiger partial charge in [-0.15, -0.1) is 0 Å². The first kappa shape index (κ1) is 27.9. The Balaban J connectivity index is 1.34. The van der Waals surface area contributed by atoms with Gasteiger partial charge in [-0.1, -0.05) is 38.4 Å². The summed E-state index contributed by atoms with van der Waals surface area (Å²) in [6, 6.07) is 16.3. The zero-order chi connectivity index (χ0) is 27.7. The Morgan fingerprint density at radius 2 is 1.82 bits per heavy atom. The summed E-state index contributed by atoms with van der Waals surface area (Å²) in [7, 11) is -3.49. The third kappa shape index (κ3) is 6.66. The fourth-order valence-corrected chi connectivity index (χ4v) is 4.96. The first-order valence-corrected chi connectivity index (χ1v) is 14.5. The zero-order valence-corrected chi connectivity index (χ0v) is 23.3. The van der Waals surface area contributed by atoms with Gasteiger partial charge in [0.2, 0.25) is 10.0 Å². The molecule has 0 aliphatic carbocycles. The van der Waals surface area contributed by atoms with Crippen LogP contribution in [0.15, 0.2) is 54.6 Å². The van der Waals surface area contributed by atoms with E-state index in [1.165, 1.54) is 6.07 Å². The van der Waals surface area contributed by atoms with Crippen molar-refractivity contribution in [3.63, 3.8) is 0 Å². The van der Waals surface area contributed by atoms with Gasteiger partial charge in [-0.2, -0.15) is 0 Å². The Morgan fingerprint density at radius 1 is 1.05 bits per heavy atom. The van der Waals surface area contributed by atoms with Gasteiger partial charge in [0, 0.05) is 46.4 Å². The molecule has 3 aromatic carbocycles. The molecule has 1 atom stereocenters. The lowest BCUT2D eigenvalue weighted by molar-refractivity contribution is 0.0858. The van der Waals surface area contributed by atoms with E-state index in [0.29, 0.717) is 30.0 Å². The molecule has 0 radical (unpaired) electrons. The molecule has 4 aromatic rings. The van der Waals surface area contributed by atoms with E-state index in [1.807, 2.05) is 57.2 Å². The van der Waals surface area contributed by atoms with Gasteiger partial charge in [-0.05, 0) is 48.0 Å². The second kappa shape index (κ2) is 10.9. The predicted molar refractivity (Wildman–Crippen MR) is 153 cm³/mol. The lowest BCUT2D eigenvalue weighted by atomic mass is 9.86. The van der Waals surface area contributed by atoms with Crippen LogP contribution in [-0.2, 0) is 10.0 Å². The maximum atomic E-state index is 12.7. The smallest absolute Gasteiger partial charge is 0.229 e. The number of nitrogens with one attached hydrogen (secondary N) is 3. The number of hydrogen-bond acceptors (Lipinski definition) is 6. The summed E-state index contributed by atoms with van der Waals surface area (Å²) in [5.41, 5.74) is 2.88. The number of aromatic nitrogens is 1. The fraction of sp³-hybridized carbons (Fsp3) is 0.321. The third-order valence-electron chi connectivity index (χ3n) is 6.07. The van der Waals surface area contributed by atoms with Gasteiger partial charge in [0.15, 0.2) is 5.78 Å². The second-order valence-electron chi connectivity index (χ2n) is 10.4. The molecule has 10 heteroatoms. The molecule has 0 aliphatic rings. The molecule has 4 rings (SSSR count). The number of H-pyrrole nitrogens is 1. The number of fused-ring (bicyclic) bond motifs is 3. The SMILES string of the molecule is CC(C)(C)C(=O)c1ccc2[nH]c3cc(OCCNCC(O)c4ccc(Cl)c(NS(C)(=O)=O)c4)ccc3c2c1. The Labute approximate surface area is 227 Å². The normalized spacial score (nSPS) is 13.1. The average molecular weight is 558 g/mol. The van der Waals surface area contributed by atoms with Gasteiger partial charge in [0.05, 0.1) is 28.6 Å². The largest absolute Gasteiger partial charge is 0.492 e. The number of ether oxygens (including phenoxy) is 1. The molecule has 1 heterocycles. The Morgan fingerprint density at radius 3 is 2.53 bits per heavy atom. The van der Waals surface area contributed by atoms with Crippen molar-refractivity contribution in [3.05, 3.63) is 70.7 Å². The quantitative estimate of drug-likeness (QED) is 0.156. The van der Waals surface area contributed by atoms with Crippen LogP contribution in [0.5, 0.6) is 5.75 Å². The average Bonchev–Trinajstić information content (AvgIpc) is 3.20. The molecule has 1 aromatic heterocycles. The van der Waals surface area contributed by atoms with Crippen LogP contribution in [-0.4, -0.2) is 50.2 Å². The van der Waals surface area contributed by atoms with Gasteiger partial charge < -0.3 is 20.1 Å². The lowest BCUT2D eigenvalue weighted by Gasteiger charge is -2.16. The number of ketones is 1. The van der Waals surface area contributed by atoms with Crippen LogP contribution in [0.1, 0.15) is 42.8 Å². The molecule has 0 amide bonds. The molecule has 4 N–H and O–H groups in total. The van der Waals surface area contributed by atoms with Crippen molar-refractivity contribution in [3.8, 4) is 5.75 Å². The molecule has 202 valence electrons. The molecule has 1 unspecified atom stereocenters. The van der Waals surface area contributed by atoms with Crippen molar-refractivity contribution in [2.24, 2.45) is 5.41 Å². The number of halogens is 1. The number of rotatable bonds is 10. The van der Waals surface area contributed by atoms with Gasteiger partial charge in [-0.25, -0.2) is 8.42 Å². The first-order valence-electron chi connectivity index (χ1n) is 12.2. The number of aliphatic hydroxyl groups is 1. The maximum Gasteiger partial charge on any atom is 0.229 e. The van der Waals surface area contributed by atoms with E-state index in [-0.39, 0.29) is 23.0 Å². The lowest BCUT2D eigenvalue weighted by Crippen LogP contribution is -2.26. The number of benzene rings is 3. The molecule has 38 heavy (non-hydrogen) atoms. The van der Waals surface area contributed by atoms with Gasteiger partial charge in [0.25, 0.3) is 0 Å².